The fourth-order valence-electron chi connectivity index (χ4n) is 3.01. The lowest BCUT2D eigenvalue weighted by Crippen LogP contribution is -2.13. The fraction of sp³-hybridized carbons (Fsp3) is 0.154. The van der Waals surface area contributed by atoms with E-state index in [4.69, 9.17) is 25.8 Å². The van der Waals surface area contributed by atoms with Crippen LogP contribution in [0.4, 0.5) is 5.69 Å². The van der Waals surface area contributed by atoms with Gasteiger partial charge in [-0.25, -0.2) is 0 Å². The molecule has 0 spiro atoms. The van der Waals surface area contributed by atoms with Gasteiger partial charge in [0.15, 0.2) is 11.5 Å². The second-order valence-corrected chi connectivity index (χ2v) is 8.32. The number of benzene rings is 3. The Morgan fingerprint density at radius 3 is 2.44 bits per heavy atom. The van der Waals surface area contributed by atoms with Crippen LogP contribution in [0.2, 0.25) is 5.02 Å². The quantitative estimate of drug-likeness (QED) is 0.243. The van der Waals surface area contributed by atoms with Crippen LogP contribution in [0.15, 0.2) is 70.7 Å². The van der Waals surface area contributed by atoms with Gasteiger partial charge in [-0.05, 0) is 88.6 Å². The predicted molar refractivity (Wildman–Crippen MR) is 136 cm³/mol. The van der Waals surface area contributed by atoms with Gasteiger partial charge in [0.2, 0.25) is 0 Å². The maximum Gasteiger partial charge on any atom is 0.266 e. The van der Waals surface area contributed by atoms with Crippen molar-refractivity contribution in [2.75, 3.05) is 19.0 Å². The molecule has 8 heteroatoms. The molecule has 0 aliphatic carbocycles. The number of amides is 1. The number of hydrogen-bond donors (Lipinski definition) is 1. The van der Waals surface area contributed by atoms with Gasteiger partial charge in [0.25, 0.3) is 5.91 Å². The molecule has 0 radical (unpaired) electrons. The molecule has 174 valence electrons. The third-order valence-corrected chi connectivity index (χ3v) is 5.49. The summed E-state index contributed by atoms with van der Waals surface area (Å²) in [6, 6.07) is 19.7. The summed E-state index contributed by atoms with van der Waals surface area (Å²) in [5, 5.41) is 12.9. The number of carbonyl (C=O) groups excluding carboxylic acids is 1. The van der Waals surface area contributed by atoms with Crippen LogP contribution < -0.4 is 19.5 Å². The standard InChI is InChI=1S/C26H22BrClN2O4/c1-3-33-22-10-8-21(9-11-22)30-26(31)19(15-29)12-18-13-23(27)25(24(14-18)32-2)34-16-17-4-6-20(28)7-5-17/h4-14H,3,16H2,1-2H3,(H,30,31)/b19-12-. The molecule has 0 saturated heterocycles. The molecule has 0 fully saturated rings. The molecular formula is C26H22BrClN2O4. The van der Waals surface area contributed by atoms with Crippen LogP contribution in [0.5, 0.6) is 17.2 Å². The first-order valence-corrected chi connectivity index (χ1v) is 11.5. The SMILES string of the molecule is CCOc1ccc(NC(=O)/C(C#N)=C\c2cc(Br)c(OCc3ccc(Cl)cc3)c(OC)c2)cc1. The number of rotatable bonds is 9. The highest BCUT2D eigenvalue weighted by Gasteiger charge is 2.14. The molecule has 1 amide bonds. The van der Waals surface area contributed by atoms with E-state index >= 15 is 0 Å². The lowest BCUT2D eigenvalue weighted by atomic mass is 10.1. The fourth-order valence-corrected chi connectivity index (χ4v) is 3.71. The van der Waals surface area contributed by atoms with Gasteiger partial charge in [0.1, 0.15) is 24.0 Å². The third-order valence-electron chi connectivity index (χ3n) is 4.65. The summed E-state index contributed by atoms with van der Waals surface area (Å²) < 4.78 is 17.4. The molecule has 0 heterocycles. The van der Waals surface area contributed by atoms with Gasteiger partial charge in [-0.2, -0.15) is 5.26 Å². The first-order chi connectivity index (χ1) is 16.4. The Hall–Kier alpha value is -3.47. The van der Waals surface area contributed by atoms with Crippen LogP contribution in [0.1, 0.15) is 18.1 Å². The second-order valence-electron chi connectivity index (χ2n) is 7.03. The Labute approximate surface area is 211 Å². The molecule has 6 nitrogen and oxygen atoms in total. The smallest absolute Gasteiger partial charge is 0.266 e. The second kappa shape index (κ2) is 12.1. The van der Waals surface area contributed by atoms with Gasteiger partial charge in [0, 0.05) is 10.7 Å². The summed E-state index contributed by atoms with van der Waals surface area (Å²) in [5.41, 5.74) is 2.04. The molecule has 3 aromatic rings. The van der Waals surface area contributed by atoms with E-state index in [0.717, 1.165) is 5.56 Å². The molecule has 3 aromatic carbocycles. The summed E-state index contributed by atoms with van der Waals surface area (Å²) in [7, 11) is 1.52. The van der Waals surface area contributed by atoms with Crippen molar-refractivity contribution in [3.8, 4) is 23.3 Å². The number of anilines is 1. The van der Waals surface area contributed by atoms with Crippen molar-refractivity contribution in [3.63, 3.8) is 0 Å². The largest absolute Gasteiger partial charge is 0.494 e. The minimum Gasteiger partial charge on any atom is -0.494 e. The van der Waals surface area contributed by atoms with Gasteiger partial charge >= 0.3 is 0 Å². The van der Waals surface area contributed by atoms with E-state index in [1.807, 2.05) is 25.1 Å². The summed E-state index contributed by atoms with van der Waals surface area (Å²) in [6.45, 7) is 2.76. The average Bonchev–Trinajstić information content (AvgIpc) is 2.84. The summed E-state index contributed by atoms with van der Waals surface area (Å²) >= 11 is 9.42. The molecule has 0 unspecified atom stereocenters. The molecule has 1 N–H and O–H groups in total. The van der Waals surface area contributed by atoms with Crippen molar-refractivity contribution in [1.29, 1.82) is 5.26 Å². The number of nitrogens with one attached hydrogen (secondary N) is 1. The van der Waals surface area contributed by atoms with E-state index in [1.54, 1.807) is 48.5 Å². The summed E-state index contributed by atoms with van der Waals surface area (Å²) in [5.74, 6) is 1.14. The highest BCUT2D eigenvalue weighted by atomic mass is 79.9. The van der Waals surface area contributed by atoms with Crippen molar-refractivity contribution in [1.82, 2.24) is 0 Å². The zero-order valence-corrected chi connectivity index (χ0v) is 20.9. The van der Waals surface area contributed by atoms with Crippen molar-refractivity contribution >= 4 is 45.2 Å². The Bertz CT molecular complexity index is 1220. The van der Waals surface area contributed by atoms with Gasteiger partial charge in [-0.15, -0.1) is 0 Å². The number of methoxy groups -OCH3 is 1. The lowest BCUT2D eigenvalue weighted by Gasteiger charge is -2.14. The first kappa shape index (κ1) is 25.2. The maximum absolute atomic E-state index is 12.6. The Morgan fingerprint density at radius 1 is 1.12 bits per heavy atom. The van der Waals surface area contributed by atoms with Crippen molar-refractivity contribution in [2.24, 2.45) is 0 Å². The van der Waals surface area contributed by atoms with E-state index in [-0.39, 0.29) is 5.57 Å². The molecule has 3 rings (SSSR count). The number of nitriles is 1. The van der Waals surface area contributed by atoms with E-state index in [9.17, 15) is 10.1 Å². The number of carbonyl (C=O) groups is 1. The first-order valence-electron chi connectivity index (χ1n) is 10.3. The summed E-state index contributed by atoms with van der Waals surface area (Å²) in [4.78, 5) is 12.6. The molecule has 34 heavy (non-hydrogen) atoms. The Kier molecular flexibility index (Phi) is 8.97. The number of hydrogen-bond acceptors (Lipinski definition) is 5. The van der Waals surface area contributed by atoms with Gasteiger partial charge in [-0.1, -0.05) is 23.7 Å². The van der Waals surface area contributed by atoms with Crippen LogP contribution in [0, 0.1) is 11.3 Å². The van der Waals surface area contributed by atoms with Crippen LogP contribution in [-0.2, 0) is 11.4 Å². The molecule has 0 bridgehead atoms. The van der Waals surface area contributed by atoms with Crippen molar-refractivity contribution in [3.05, 3.63) is 86.9 Å². The van der Waals surface area contributed by atoms with Gasteiger partial charge in [-0.3, -0.25) is 4.79 Å². The summed E-state index contributed by atoms with van der Waals surface area (Å²) in [6.07, 6.45) is 1.49. The zero-order valence-electron chi connectivity index (χ0n) is 18.6. The number of halogens is 2. The van der Waals surface area contributed by atoms with Gasteiger partial charge < -0.3 is 19.5 Å². The predicted octanol–water partition coefficient (Wildman–Crippen LogP) is 6.63. The zero-order chi connectivity index (χ0) is 24.5. The molecule has 0 aliphatic heterocycles. The van der Waals surface area contributed by atoms with Crippen molar-refractivity contribution in [2.45, 2.75) is 13.5 Å². The average molecular weight is 542 g/mol. The van der Waals surface area contributed by atoms with Crippen LogP contribution in [0.25, 0.3) is 6.08 Å². The normalized spacial score (nSPS) is 10.9. The molecule has 0 aromatic heterocycles. The van der Waals surface area contributed by atoms with E-state index in [0.29, 0.717) is 51.2 Å². The maximum atomic E-state index is 12.6. The minimum atomic E-state index is -0.523. The topological polar surface area (TPSA) is 80.6 Å². The van der Waals surface area contributed by atoms with Crippen LogP contribution in [-0.4, -0.2) is 19.6 Å². The van der Waals surface area contributed by atoms with E-state index in [1.165, 1.54) is 13.2 Å². The van der Waals surface area contributed by atoms with Crippen LogP contribution >= 0.6 is 27.5 Å². The lowest BCUT2D eigenvalue weighted by molar-refractivity contribution is -0.112. The van der Waals surface area contributed by atoms with Crippen molar-refractivity contribution < 1.29 is 19.0 Å². The van der Waals surface area contributed by atoms with Crippen LogP contribution in [0.3, 0.4) is 0 Å². The molecular weight excluding hydrogens is 520 g/mol. The number of ether oxygens (including phenoxy) is 3. The third kappa shape index (κ3) is 6.77. The van der Waals surface area contributed by atoms with Gasteiger partial charge in [0.05, 0.1) is 18.2 Å². The van der Waals surface area contributed by atoms with E-state index < -0.39 is 5.91 Å². The monoisotopic (exact) mass is 540 g/mol. The van der Waals surface area contributed by atoms with E-state index in [2.05, 4.69) is 21.2 Å². The highest BCUT2D eigenvalue weighted by molar-refractivity contribution is 9.10. The Morgan fingerprint density at radius 2 is 1.82 bits per heavy atom. The molecule has 0 atom stereocenters. The number of nitrogens with zero attached hydrogens (tertiary/aromatic N) is 1. The highest BCUT2D eigenvalue weighted by Crippen LogP contribution is 2.38. The molecule has 0 aliphatic rings. The molecule has 0 saturated carbocycles. The minimum absolute atomic E-state index is 0.0577. The Balaban J connectivity index is 1.77.